The van der Waals surface area contributed by atoms with Crippen LogP contribution in [0.4, 0.5) is 0 Å². The van der Waals surface area contributed by atoms with Crippen molar-refractivity contribution in [1.29, 1.82) is 0 Å². The number of nitrogens with one attached hydrogen (secondary N) is 1. The number of carbonyl (C=O) groups excluding carboxylic acids is 1. The molecular weight excluding hydrogens is 356 g/mol. The highest BCUT2D eigenvalue weighted by Gasteiger charge is 2.62. The first-order valence-electron chi connectivity index (χ1n) is 9.92. The van der Waals surface area contributed by atoms with Gasteiger partial charge in [-0.2, -0.15) is 4.98 Å². The topological polar surface area (TPSA) is 103 Å². The molecule has 1 heterocycles. The van der Waals surface area contributed by atoms with Crippen LogP contribution in [0.15, 0.2) is 28.8 Å². The average Bonchev–Trinajstić information content (AvgIpc) is 3.17. The van der Waals surface area contributed by atoms with Crippen molar-refractivity contribution < 1.29 is 14.1 Å². The number of rotatable bonds is 8. The molecule has 1 aliphatic rings. The largest absolute Gasteiger partial charge is 0.378 e. The minimum Gasteiger partial charge on any atom is -0.378 e. The highest BCUT2D eigenvalue weighted by molar-refractivity contribution is 5.88. The van der Waals surface area contributed by atoms with E-state index in [1.54, 1.807) is 0 Å². The Labute approximate surface area is 166 Å². The number of nitrogens with two attached hydrogens (primary N) is 1. The summed E-state index contributed by atoms with van der Waals surface area (Å²) >= 11 is 0. The number of amides is 1. The zero-order chi connectivity index (χ0) is 20.4. The second-order valence-corrected chi connectivity index (χ2v) is 7.91. The third-order valence-corrected chi connectivity index (χ3v) is 5.92. The van der Waals surface area contributed by atoms with Crippen LogP contribution in [0.1, 0.15) is 45.5 Å². The van der Waals surface area contributed by atoms with E-state index in [0.717, 1.165) is 24.0 Å². The van der Waals surface area contributed by atoms with Crippen LogP contribution in [-0.2, 0) is 22.4 Å². The van der Waals surface area contributed by atoms with Crippen molar-refractivity contribution >= 4 is 5.91 Å². The first kappa shape index (κ1) is 20.5. The van der Waals surface area contributed by atoms with Crippen molar-refractivity contribution in [2.75, 3.05) is 13.2 Å². The smallest absolute Gasteiger partial charge is 0.257 e. The van der Waals surface area contributed by atoms with E-state index in [0.29, 0.717) is 31.3 Å². The third-order valence-electron chi connectivity index (χ3n) is 5.92. The molecule has 1 aliphatic carbocycles. The molecule has 0 radical (unpaired) electrons. The lowest BCUT2D eigenvalue weighted by molar-refractivity contribution is -0.170. The molecule has 0 spiro atoms. The van der Waals surface area contributed by atoms with Gasteiger partial charge >= 0.3 is 0 Å². The molecule has 2 atom stereocenters. The normalized spacial score (nSPS) is 23.2. The number of carbonyl (C=O) groups is 1. The lowest BCUT2D eigenvalue weighted by Gasteiger charge is -2.57. The molecule has 0 aliphatic heterocycles. The highest BCUT2D eigenvalue weighted by Crippen LogP contribution is 2.49. The van der Waals surface area contributed by atoms with Crippen molar-refractivity contribution in [1.82, 2.24) is 15.5 Å². The molecule has 1 fully saturated rings. The molecule has 152 valence electrons. The molecule has 1 aromatic carbocycles. The fourth-order valence-corrected chi connectivity index (χ4v) is 3.63. The summed E-state index contributed by atoms with van der Waals surface area (Å²) < 4.78 is 10.9. The number of aryl methyl sites for hydroxylation is 1. The van der Waals surface area contributed by atoms with Crippen molar-refractivity contribution in [2.45, 2.75) is 58.6 Å². The minimum atomic E-state index is -0.883. The standard InChI is InChI=1S/C21H30N4O3/c1-5-17-24-18(28-25-17)15-9-7-14(8-10-15)11-12-23-19(26)21(22)13-16(27-6-2)20(21,3)4/h7-10,16H,5-6,11-13,22H2,1-4H3,(H,23,26). The lowest BCUT2D eigenvalue weighted by atomic mass is 9.54. The van der Waals surface area contributed by atoms with Crippen molar-refractivity contribution in [3.05, 3.63) is 35.7 Å². The highest BCUT2D eigenvalue weighted by atomic mass is 16.5. The van der Waals surface area contributed by atoms with Crippen molar-refractivity contribution in [3.63, 3.8) is 0 Å². The molecule has 28 heavy (non-hydrogen) atoms. The average molecular weight is 386 g/mol. The van der Waals surface area contributed by atoms with Crippen LogP contribution in [-0.4, -0.2) is 40.8 Å². The van der Waals surface area contributed by atoms with E-state index in [2.05, 4.69) is 15.5 Å². The van der Waals surface area contributed by atoms with Gasteiger partial charge in [0.2, 0.25) is 5.91 Å². The van der Waals surface area contributed by atoms with Crippen LogP contribution < -0.4 is 11.1 Å². The van der Waals surface area contributed by atoms with E-state index in [9.17, 15) is 4.79 Å². The summed E-state index contributed by atoms with van der Waals surface area (Å²) in [6.45, 7) is 9.10. The quantitative estimate of drug-likeness (QED) is 0.722. The van der Waals surface area contributed by atoms with Gasteiger partial charge in [-0.1, -0.05) is 38.1 Å². The molecule has 7 nitrogen and oxygen atoms in total. The van der Waals surface area contributed by atoms with Crippen LogP contribution in [0.3, 0.4) is 0 Å². The van der Waals surface area contributed by atoms with Crippen LogP contribution in [0.5, 0.6) is 0 Å². The number of nitrogens with zero attached hydrogens (tertiary/aromatic N) is 2. The molecule has 3 N–H and O–H groups in total. The molecule has 7 heteroatoms. The zero-order valence-corrected chi connectivity index (χ0v) is 17.1. The first-order chi connectivity index (χ1) is 13.3. The Morgan fingerprint density at radius 2 is 2.04 bits per heavy atom. The SMILES string of the molecule is CCOC1CC(N)(C(=O)NCCc2ccc(-c3nc(CC)no3)cc2)C1(C)C. The van der Waals surface area contributed by atoms with Gasteiger partial charge in [0, 0.05) is 37.0 Å². The van der Waals surface area contributed by atoms with Gasteiger partial charge in [0.1, 0.15) is 5.54 Å². The fraction of sp³-hybridized carbons (Fsp3) is 0.571. The van der Waals surface area contributed by atoms with E-state index >= 15 is 0 Å². The number of aromatic nitrogens is 2. The second-order valence-electron chi connectivity index (χ2n) is 7.91. The molecule has 1 aromatic heterocycles. The van der Waals surface area contributed by atoms with Gasteiger partial charge in [-0.05, 0) is 31.0 Å². The molecule has 3 rings (SSSR count). The van der Waals surface area contributed by atoms with Gasteiger partial charge in [-0.25, -0.2) is 0 Å². The van der Waals surface area contributed by atoms with E-state index in [1.165, 1.54) is 0 Å². The molecule has 0 bridgehead atoms. The fourth-order valence-electron chi connectivity index (χ4n) is 3.63. The Kier molecular flexibility index (Phi) is 5.86. The van der Waals surface area contributed by atoms with Crippen LogP contribution in [0, 0.1) is 5.41 Å². The summed E-state index contributed by atoms with van der Waals surface area (Å²) in [5.41, 5.74) is 7.15. The second kappa shape index (κ2) is 8.01. The molecule has 1 saturated carbocycles. The zero-order valence-electron chi connectivity index (χ0n) is 17.1. The number of hydrogen-bond acceptors (Lipinski definition) is 6. The van der Waals surface area contributed by atoms with E-state index in [1.807, 2.05) is 52.0 Å². The van der Waals surface area contributed by atoms with Gasteiger partial charge in [0.15, 0.2) is 5.82 Å². The van der Waals surface area contributed by atoms with Crippen molar-refractivity contribution in [2.24, 2.45) is 11.1 Å². The Balaban J connectivity index is 1.52. The van der Waals surface area contributed by atoms with Gasteiger partial charge in [-0.15, -0.1) is 0 Å². The number of benzene rings is 1. The number of hydrogen-bond donors (Lipinski definition) is 2. The summed E-state index contributed by atoms with van der Waals surface area (Å²) in [6.07, 6.45) is 2.05. The van der Waals surface area contributed by atoms with E-state index in [-0.39, 0.29) is 17.4 Å². The van der Waals surface area contributed by atoms with E-state index < -0.39 is 5.54 Å². The Hall–Kier alpha value is -2.25. The monoisotopic (exact) mass is 386 g/mol. The summed E-state index contributed by atoms with van der Waals surface area (Å²) in [5.74, 6) is 1.11. The lowest BCUT2D eigenvalue weighted by Crippen LogP contribution is -2.75. The predicted octanol–water partition coefficient (Wildman–Crippen LogP) is 2.49. The van der Waals surface area contributed by atoms with Gasteiger partial charge in [-0.3, -0.25) is 4.79 Å². The van der Waals surface area contributed by atoms with E-state index in [4.69, 9.17) is 15.0 Å². The van der Waals surface area contributed by atoms with Crippen molar-refractivity contribution in [3.8, 4) is 11.5 Å². The minimum absolute atomic E-state index is 0.0266. The maximum absolute atomic E-state index is 12.7. The molecule has 1 amide bonds. The van der Waals surface area contributed by atoms with Crippen LogP contribution in [0.2, 0.25) is 0 Å². The molecule has 0 saturated heterocycles. The van der Waals surface area contributed by atoms with Crippen LogP contribution >= 0.6 is 0 Å². The summed E-state index contributed by atoms with van der Waals surface area (Å²) in [6, 6.07) is 7.92. The van der Waals surface area contributed by atoms with Gasteiger partial charge in [0.25, 0.3) is 5.89 Å². The predicted molar refractivity (Wildman–Crippen MR) is 107 cm³/mol. The summed E-state index contributed by atoms with van der Waals surface area (Å²) in [4.78, 5) is 17.0. The maximum Gasteiger partial charge on any atom is 0.257 e. The maximum atomic E-state index is 12.7. The number of ether oxygens (including phenoxy) is 1. The first-order valence-corrected chi connectivity index (χ1v) is 9.92. The molecule has 2 unspecified atom stereocenters. The van der Waals surface area contributed by atoms with Gasteiger partial charge in [0.05, 0.1) is 6.10 Å². The third kappa shape index (κ3) is 3.69. The van der Waals surface area contributed by atoms with Crippen LogP contribution in [0.25, 0.3) is 11.5 Å². The Morgan fingerprint density at radius 3 is 2.61 bits per heavy atom. The summed E-state index contributed by atoms with van der Waals surface area (Å²) in [5, 5.41) is 6.90. The summed E-state index contributed by atoms with van der Waals surface area (Å²) in [7, 11) is 0. The molecular formula is C21H30N4O3. The Bertz CT molecular complexity index is 815. The Morgan fingerprint density at radius 1 is 1.32 bits per heavy atom. The van der Waals surface area contributed by atoms with Gasteiger partial charge < -0.3 is 20.3 Å². The molecule has 2 aromatic rings.